The Morgan fingerprint density at radius 1 is 1.22 bits per heavy atom. The SMILES string of the molecule is C=C1C[C@]23C[C@H]1CC[C@H]2[C@]1(C)CCCC(C(=O)OC)[C@H]1C[C@@H]3O[Si](C)(C)C. The van der Waals surface area contributed by atoms with Crippen molar-refractivity contribution in [3.8, 4) is 0 Å². The van der Waals surface area contributed by atoms with E-state index in [4.69, 9.17) is 9.16 Å². The zero-order chi connectivity index (χ0) is 19.6. The second-order valence-electron chi connectivity index (χ2n) is 11.2. The van der Waals surface area contributed by atoms with Gasteiger partial charge in [-0.05, 0) is 87.8 Å². The van der Waals surface area contributed by atoms with Crippen LogP contribution < -0.4 is 0 Å². The number of methoxy groups -OCH3 is 1. The summed E-state index contributed by atoms with van der Waals surface area (Å²) in [7, 11) is -0.116. The van der Waals surface area contributed by atoms with Crippen molar-refractivity contribution in [2.24, 2.45) is 34.5 Å². The van der Waals surface area contributed by atoms with Gasteiger partial charge in [0.15, 0.2) is 8.32 Å². The van der Waals surface area contributed by atoms with Gasteiger partial charge in [0.05, 0.1) is 19.1 Å². The molecule has 4 aliphatic carbocycles. The molecule has 4 saturated carbocycles. The highest BCUT2D eigenvalue weighted by molar-refractivity contribution is 6.69. The highest BCUT2D eigenvalue weighted by Crippen LogP contribution is 2.71. The lowest BCUT2D eigenvalue weighted by Gasteiger charge is -2.64. The molecular formula is C23H38O3Si. The van der Waals surface area contributed by atoms with Crippen molar-refractivity contribution in [1.29, 1.82) is 0 Å². The Kier molecular flexibility index (Phi) is 4.70. The predicted octanol–water partition coefficient (Wildman–Crippen LogP) is 5.57. The number of allylic oxidation sites excluding steroid dienone is 1. The number of rotatable bonds is 3. The Hall–Kier alpha value is -0.613. The smallest absolute Gasteiger partial charge is 0.308 e. The molecule has 0 amide bonds. The van der Waals surface area contributed by atoms with Crippen molar-refractivity contribution in [3.63, 3.8) is 0 Å². The van der Waals surface area contributed by atoms with Crippen LogP contribution in [-0.2, 0) is 14.0 Å². The summed E-state index contributed by atoms with van der Waals surface area (Å²) in [5.41, 5.74) is 1.99. The van der Waals surface area contributed by atoms with Gasteiger partial charge in [-0.25, -0.2) is 0 Å². The van der Waals surface area contributed by atoms with Gasteiger partial charge in [0, 0.05) is 5.41 Å². The third-order valence-electron chi connectivity index (χ3n) is 8.73. The fraction of sp³-hybridized carbons (Fsp3) is 0.870. The average molecular weight is 391 g/mol. The number of fused-ring (bicyclic) bond motifs is 3. The summed E-state index contributed by atoms with van der Waals surface area (Å²) < 4.78 is 12.2. The number of carbonyl (C=O) groups excluding carboxylic acids is 1. The predicted molar refractivity (Wildman–Crippen MR) is 111 cm³/mol. The van der Waals surface area contributed by atoms with Crippen LogP contribution in [-0.4, -0.2) is 27.5 Å². The lowest BCUT2D eigenvalue weighted by atomic mass is 9.42. The normalized spacial score (nSPS) is 46.6. The lowest BCUT2D eigenvalue weighted by Crippen LogP contribution is -2.62. The van der Waals surface area contributed by atoms with E-state index in [9.17, 15) is 4.79 Å². The number of hydrogen-bond acceptors (Lipinski definition) is 3. The summed E-state index contributed by atoms with van der Waals surface area (Å²) in [5.74, 6) is 1.84. The van der Waals surface area contributed by atoms with Gasteiger partial charge in [0.25, 0.3) is 0 Å². The third kappa shape index (κ3) is 2.97. The van der Waals surface area contributed by atoms with Gasteiger partial charge < -0.3 is 9.16 Å². The first-order chi connectivity index (χ1) is 12.6. The summed E-state index contributed by atoms with van der Waals surface area (Å²) in [4.78, 5) is 12.7. The molecule has 0 aliphatic heterocycles. The van der Waals surface area contributed by atoms with Crippen molar-refractivity contribution in [2.45, 2.75) is 84.0 Å². The standard InChI is InChI=1S/C23H38O3Si/c1-15-13-23-14-16(15)9-10-19(23)22(2)11-7-8-17(21(24)25-3)18(22)12-20(23)26-27(4,5)6/h16-20H,1,7-14H2,2-6H3/t16-,17?,18-,19+,20+,22-,23+/m1/s1. The minimum Gasteiger partial charge on any atom is -0.469 e. The van der Waals surface area contributed by atoms with Gasteiger partial charge in [-0.15, -0.1) is 0 Å². The van der Waals surface area contributed by atoms with Crippen LogP contribution in [0.5, 0.6) is 0 Å². The van der Waals surface area contributed by atoms with Crippen LogP contribution in [0.2, 0.25) is 19.6 Å². The molecule has 4 aliphatic rings. The molecule has 1 unspecified atom stereocenters. The van der Waals surface area contributed by atoms with Crippen LogP contribution in [0.3, 0.4) is 0 Å². The molecule has 152 valence electrons. The van der Waals surface area contributed by atoms with E-state index < -0.39 is 8.32 Å². The third-order valence-corrected chi connectivity index (χ3v) is 9.72. The number of hydrogen-bond donors (Lipinski definition) is 0. The van der Waals surface area contributed by atoms with E-state index in [1.807, 2.05) is 0 Å². The second kappa shape index (κ2) is 6.45. The molecule has 0 saturated heterocycles. The van der Waals surface area contributed by atoms with E-state index in [1.54, 1.807) is 7.11 Å². The van der Waals surface area contributed by atoms with Gasteiger partial charge in [-0.2, -0.15) is 0 Å². The van der Waals surface area contributed by atoms with Gasteiger partial charge in [-0.3, -0.25) is 4.79 Å². The topological polar surface area (TPSA) is 35.5 Å². The van der Waals surface area contributed by atoms with Crippen LogP contribution in [0.25, 0.3) is 0 Å². The minimum atomic E-state index is -1.67. The summed E-state index contributed by atoms with van der Waals surface area (Å²) in [6.45, 7) is 13.9. The van der Waals surface area contributed by atoms with Crippen molar-refractivity contribution >= 4 is 14.3 Å². The van der Waals surface area contributed by atoms with Gasteiger partial charge in [0.2, 0.25) is 0 Å². The highest BCUT2D eigenvalue weighted by Gasteiger charge is 2.66. The molecule has 0 aromatic heterocycles. The van der Waals surface area contributed by atoms with E-state index in [-0.39, 0.29) is 22.7 Å². The van der Waals surface area contributed by atoms with E-state index in [0.29, 0.717) is 23.9 Å². The van der Waals surface area contributed by atoms with Crippen LogP contribution in [0.15, 0.2) is 12.2 Å². The first-order valence-corrected chi connectivity index (χ1v) is 14.4. The molecular weight excluding hydrogens is 352 g/mol. The molecule has 4 heteroatoms. The molecule has 27 heavy (non-hydrogen) atoms. The van der Waals surface area contributed by atoms with Crippen molar-refractivity contribution < 1.29 is 14.0 Å². The molecule has 0 N–H and O–H groups in total. The maximum absolute atomic E-state index is 12.7. The number of carbonyl (C=O) groups is 1. The Morgan fingerprint density at radius 2 is 1.96 bits per heavy atom. The molecule has 1 spiro atoms. The van der Waals surface area contributed by atoms with Crippen molar-refractivity contribution in [1.82, 2.24) is 0 Å². The Bertz CT molecular complexity index is 638. The first kappa shape index (κ1) is 19.7. The Morgan fingerprint density at radius 3 is 2.63 bits per heavy atom. The largest absolute Gasteiger partial charge is 0.469 e. The van der Waals surface area contributed by atoms with E-state index in [1.165, 1.54) is 31.3 Å². The number of ether oxygens (including phenoxy) is 1. The molecule has 3 nitrogen and oxygen atoms in total. The first-order valence-electron chi connectivity index (χ1n) is 11.0. The molecule has 0 aromatic carbocycles. The van der Waals surface area contributed by atoms with Gasteiger partial charge >= 0.3 is 5.97 Å². The molecule has 4 rings (SSSR count). The number of esters is 1. The Balaban J connectivity index is 1.76. The summed E-state index contributed by atoms with van der Waals surface area (Å²) in [6.07, 6.45) is 9.74. The van der Waals surface area contributed by atoms with E-state index in [0.717, 1.165) is 25.7 Å². The molecule has 4 fully saturated rings. The van der Waals surface area contributed by atoms with E-state index in [2.05, 4.69) is 33.1 Å². The second-order valence-corrected chi connectivity index (χ2v) is 15.6. The molecule has 2 bridgehead atoms. The fourth-order valence-electron chi connectivity index (χ4n) is 7.83. The highest BCUT2D eigenvalue weighted by atomic mass is 28.4. The maximum atomic E-state index is 12.7. The maximum Gasteiger partial charge on any atom is 0.308 e. The monoisotopic (exact) mass is 390 g/mol. The molecule has 0 radical (unpaired) electrons. The van der Waals surface area contributed by atoms with Crippen LogP contribution in [0, 0.1) is 34.5 Å². The van der Waals surface area contributed by atoms with Crippen molar-refractivity contribution in [3.05, 3.63) is 12.2 Å². The summed E-state index contributed by atoms with van der Waals surface area (Å²) in [6, 6.07) is 0. The summed E-state index contributed by atoms with van der Waals surface area (Å²) in [5, 5.41) is 0. The zero-order valence-electron chi connectivity index (χ0n) is 18.0. The van der Waals surface area contributed by atoms with Crippen molar-refractivity contribution in [2.75, 3.05) is 7.11 Å². The summed E-state index contributed by atoms with van der Waals surface area (Å²) >= 11 is 0. The molecule has 0 aromatic rings. The van der Waals surface area contributed by atoms with Gasteiger partial charge in [-0.1, -0.05) is 25.5 Å². The van der Waals surface area contributed by atoms with Gasteiger partial charge in [0.1, 0.15) is 0 Å². The Labute approximate surface area is 166 Å². The minimum absolute atomic E-state index is 0.0122. The zero-order valence-corrected chi connectivity index (χ0v) is 19.0. The quantitative estimate of drug-likeness (QED) is 0.359. The van der Waals surface area contributed by atoms with Crippen LogP contribution >= 0.6 is 0 Å². The van der Waals surface area contributed by atoms with Crippen LogP contribution in [0.1, 0.15) is 58.3 Å². The average Bonchev–Trinajstić information content (AvgIpc) is 2.84. The van der Waals surface area contributed by atoms with Crippen LogP contribution in [0.4, 0.5) is 0 Å². The molecule has 7 atom stereocenters. The molecule has 0 heterocycles. The lowest BCUT2D eigenvalue weighted by molar-refractivity contribution is -0.188. The van der Waals surface area contributed by atoms with E-state index >= 15 is 0 Å². The fourth-order valence-corrected chi connectivity index (χ4v) is 9.02.